The number of nitrogens with zero attached hydrogens (tertiary/aromatic N) is 3. The van der Waals surface area contributed by atoms with Crippen LogP contribution < -0.4 is 15.4 Å². The molecule has 2 aromatic carbocycles. The van der Waals surface area contributed by atoms with Crippen LogP contribution in [0.5, 0.6) is 11.5 Å². The molecule has 0 bridgehead atoms. The highest BCUT2D eigenvalue weighted by atomic mass is 16.5. The van der Waals surface area contributed by atoms with E-state index < -0.39 is 0 Å². The smallest absolute Gasteiger partial charge is 0.220 e. The largest absolute Gasteiger partial charge is 0.455 e. The van der Waals surface area contributed by atoms with Crippen LogP contribution in [0, 0.1) is 25.7 Å². The molecule has 0 aliphatic carbocycles. The van der Waals surface area contributed by atoms with Crippen LogP contribution in [0.2, 0.25) is 0 Å². The van der Waals surface area contributed by atoms with Gasteiger partial charge in [-0.05, 0) is 74.4 Å². The Morgan fingerprint density at radius 1 is 1.03 bits per heavy atom. The summed E-state index contributed by atoms with van der Waals surface area (Å²) in [7, 11) is 0. The van der Waals surface area contributed by atoms with Gasteiger partial charge in [0.25, 0.3) is 0 Å². The van der Waals surface area contributed by atoms with Gasteiger partial charge in [-0.3, -0.25) is 9.78 Å². The number of anilines is 2. The SMILES string of the molecule is CCCC(=O)NCC#Cc1ccc2ncnc(Nc3ccc(Oc4ccc(C)nc4)c(C)c3)c2c1. The minimum absolute atomic E-state index is 0.0162. The summed E-state index contributed by atoms with van der Waals surface area (Å²) in [5.41, 5.74) is 4.44. The van der Waals surface area contributed by atoms with E-state index >= 15 is 0 Å². The van der Waals surface area contributed by atoms with E-state index in [1.54, 1.807) is 6.20 Å². The number of ether oxygens (including phenoxy) is 1. The summed E-state index contributed by atoms with van der Waals surface area (Å²) >= 11 is 0. The zero-order chi connectivity index (χ0) is 24.6. The Hall–Kier alpha value is -4.44. The Kier molecular flexibility index (Phi) is 7.53. The first-order valence-electron chi connectivity index (χ1n) is 11.5. The van der Waals surface area contributed by atoms with Crippen molar-refractivity contribution in [3.05, 3.63) is 77.9 Å². The number of hydrogen-bond donors (Lipinski definition) is 2. The summed E-state index contributed by atoms with van der Waals surface area (Å²) in [6.45, 7) is 6.23. The molecule has 35 heavy (non-hydrogen) atoms. The quantitative estimate of drug-likeness (QED) is 0.353. The molecule has 0 saturated heterocycles. The molecule has 4 rings (SSSR count). The van der Waals surface area contributed by atoms with Crippen molar-refractivity contribution >= 4 is 28.3 Å². The minimum Gasteiger partial charge on any atom is -0.455 e. The Morgan fingerprint density at radius 3 is 2.69 bits per heavy atom. The first-order chi connectivity index (χ1) is 17.0. The molecule has 0 atom stereocenters. The first-order valence-corrected chi connectivity index (χ1v) is 11.5. The fourth-order valence-electron chi connectivity index (χ4n) is 3.46. The third-order valence-electron chi connectivity index (χ3n) is 5.27. The number of hydrogen-bond acceptors (Lipinski definition) is 6. The predicted molar refractivity (Wildman–Crippen MR) is 138 cm³/mol. The molecular weight excluding hydrogens is 438 g/mol. The number of rotatable bonds is 7. The molecule has 0 saturated carbocycles. The molecule has 2 heterocycles. The molecule has 7 nitrogen and oxygen atoms in total. The second-order valence-electron chi connectivity index (χ2n) is 8.13. The topological polar surface area (TPSA) is 89.0 Å². The van der Waals surface area contributed by atoms with Crippen molar-refractivity contribution in [1.82, 2.24) is 20.3 Å². The van der Waals surface area contributed by atoms with Gasteiger partial charge in [-0.25, -0.2) is 9.97 Å². The zero-order valence-electron chi connectivity index (χ0n) is 20.1. The van der Waals surface area contributed by atoms with E-state index in [0.717, 1.165) is 45.6 Å². The summed E-state index contributed by atoms with van der Waals surface area (Å²) in [5, 5.41) is 7.04. The minimum atomic E-state index is 0.0162. The molecule has 176 valence electrons. The number of carbonyl (C=O) groups excluding carboxylic acids is 1. The highest BCUT2D eigenvalue weighted by molar-refractivity contribution is 5.91. The summed E-state index contributed by atoms with van der Waals surface area (Å²) in [4.78, 5) is 24.7. The fourth-order valence-corrected chi connectivity index (χ4v) is 3.46. The third-order valence-corrected chi connectivity index (χ3v) is 5.27. The number of fused-ring (bicyclic) bond motifs is 1. The maximum atomic E-state index is 11.6. The number of aryl methyl sites for hydroxylation is 2. The van der Waals surface area contributed by atoms with Crippen LogP contribution in [0.3, 0.4) is 0 Å². The van der Waals surface area contributed by atoms with Gasteiger partial charge in [0.15, 0.2) is 0 Å². The molecule has 2 N–H and O–H groups in total. The highest BCUT2D eigenvalue weighted by Gasteiger charge is 2.08. The summed E-state index contributed by atoms with van der Waals surface area (Å²) < 4.78 is 5.97. The van der Waals surface area contributed by atoms with E-state index in [-0.39, 0.29) is 5.91 Å². The van der Waals surface area contributed by atoms with Gasteiger partial charge in [0.05, 0.1) is 18.3 Å². The average Bonchev–Trinajstić information content (AvgIpc) is 2.85. The van der Waals surface area contributed by atoms with Crippen molar-refractivity contribution in [2.75, 3.05) is 11.9 Å². The van der Waals surface area contributed by atoms with Gasteiger partial charge in [-0.1, -0.05) is 18.8 Å². The number of nitrogens with one attached hydrogen (secondary N) is 2. The van der Waals surface area contributed by atoms with Crippen LogP contribution in [0.15, 0.2) is 61.1 Å². The lowest BCUT2D eigenvalue weighted by Crippen LogP contribution is -2.22. The number of carbonyl (C=O) groups is 1. The molecular formula is C28H27N5O2. The second kappa shape index (κ2) is 11.1. The van der Waals surface area contributed by atoms with Gasteiger partial charge in [-0.15, -0.1) is 0 Å². The number of pyridine rings is 1. The van der Waals surface area contributed by atoms with E-state index in [0.29, 0.717) is 24.5 Å². The standard InChI is InChI=1S/C28H27N5O2/c1-4-6-27(34)29-14-5-7-21-9-12-25-24(16-21)28(32-18-31-25)33-22-10-13-26(19(2)15-22)35-23-11-8-20(3)30-17-23/h8-13,15-18H,4,6,14H2,1-3H3,(H,29,34)(H,31,32,33). The number of aromatic nitrogens is 3. The summed E-state index contributed by atoms with van der Waals surface area (Å²) in [5.74, 6) is 8.26. The number of benzene rings is 2. The Balaban J connectivity index is 1.50. The summed E-state index contributed by atoms with van der Waals surface area (Å²) in [6, 6.07) is 15.5. The van der Waals surface area contributed by atoms with Crippen molar-refractivity contribution < 1.29 is 9.53 Å². The van der Waals surface area contributed by atoms with Crippen molar-refractivity contribution in [3.63, 3.8) is 0 Å². The van der Waals surface area contributed by atoms with Crippen molar-refractivity contribution in [2.24, 2.45) is 0 Å². The van der Waals surface area contributed by atoms with Crippen LogP contribution in [0.4, 0.5) is 11.5 Å². The monoisotopic (exact) mass is 465 g/mol. The molecule has 1 amide bonds. The Bertz CT molecular complexity index is 1400. The average molecular weight is 466 g/mol. The van der Waals surface area contributed by atoms with Crippen LogP contribution in [0.25, 0.3) is 10.9 Å². The molecule has 0 aliphatic heterocycles. The van der Waals surface area contributed by atoms with E-state index in [9.17, 15) is 4.79 Å². The third kappa shape index (κ3) is 6.33. The Morgan fingerprint density at radius 2 is 1.91 bits per heavy atom. The van der Waals surface area contributed by atoms with Gasteiger partial charge >= 0.3 is 0 Å². The molecule has 0 unspecified atom stereocenters. The molecule has 4 aromatic rings. The van der Waals surface area contributed by atoms with Gasteiger partial charge in [-0.2, -0.15) is 0 Å². The number of amides is 1. The maximum Gasteiger partial charge on any atom is 0.220 e. The van der Waals surface area contributed by atoms with Crippen molar-refractivity contribution in [1.29, 1.82) is 0 Å². The fraction of sp³-hybridized carbons (Fsp3) is 0.214. The van der Waals surface area contributed by atoms with E-state index in [2.05, 4.69) is 37.4 Å². The van der Waals surface area contributed by atoms with Crippen LogP contribution in [0.1, 0.15) is 36.6 Å². The molecule has 0 spiro atoms. The highest BCUT2D eigenvalue weighted by Crippen LogP contribution is 2.29. The lowest BCUT2D eigenvalue weighted by molar-refractivity contribution is -0.120. The van der Waals surface area contributed by atoms with Gasteiger partial charge < -0.3 is 15.4 Å². The molecule has 0 aliphatic rings. The second-order valence-corrected chi connectivity index (χ2v) is 8.13. The van der Waals surface area contributed by atoms with Crippen molar-refractivity contribution in [2.45, 2.75) is 33.6 Å². The molecule has 2 aromatic heterocycles. The molecule has 0 fully saturated rings. The van der Waals surface area contributed by atoms with Gasteiger partial charge in [0.1, 0.15) is 23.6 Å². The maximum absolute atomic E-state index is 11.6. The van der Waals surface area contributed by atoms with Crippen LogP contribution in [-0.4, -0.2) is 27.4 Å². The lowest BCUT2D eigenvalue weighted by atomic mass is 10.1. The predicted octanol–water partition coefficient (Wildman–Crippen LogP) is 5.45. The van der Waals surface area contributed by atoms with E-state index in [1.807, 2.05) is 69.3 Å². The Labute approximate surface area is 205 Å². The normalized spacial score (nSPS) is 10.4. The van der Waals surface area contributed by atoms with E-state index in [4.69, 9.17) is 4.74 Å². The van der Waals surface area contributed by atoms with Gasteiger partial charge in [0, 0.05) is 28.8 Å². The lowest BCUT2D eigenvalue weighted by Gasteiger charge is -2.12. The van der Waals surface area contributed by atoms with E-state index in [1.165, 1.54) is 6.33 Å². The van der Waals surface area contributed by atoms with Crippen molar-refractivity contribution in [3.8, 4) is 23.3 Å². The van der Waals surface area contributed by atoms with Gasteiger partial charge in [0.2, 0.25) is 5.91 Å². The zero-order valence-corrected chi connectivity index (χ0v) is 20.1. The van der Waals surface area contributed by atoms with Crippen LogP contribution >= 0.6 is 0 Å². The summed E-state index contributed by atoms with van der Waals surface area (Å²) in [6.07, 6.45) is 4.58. The molecule has 0 radical (unpaired) electrons. The first kappa shape index (κ1) is 23.7. The van der Waals surface area contributed by atoms with Crippen LogP contribution in [-0.2, 0) is 4.79 Å². The molecule has 7 heteroatoms.